The zero-order chi connectivity index (χ0) is 56.8. The van der Waals surface area contributed by atoms with E-state index >= 15 is 0 Å². The predicted molar refractivity (Wildman–Crippen MR) is 326 cm³/mol. The van der Waals surface area contributed by atoms with Crippen molar-refractivity contribution < 1.29 is 69.6 Å². The third kappa shape index (κ3) is 30.1. The summed E-state index contributed by atoms with van der Waals surface area (Å²) < 4.78 is 98.5. The Kier molecular flexibility index (Phi) is 41.5. The molecular formula is C52H120O16Si8. The van der Waals surface area contributed by atoms with Crippen molar-refractivity contribution in [2.24, 2.45) is 0 Å². The van der Waals surface area contributed by atoms with Crippen molar-refractivity contribution in [3.63, 3.8) is 0 Å². The highest BCUT2D eigenvalue weighted by Gasteiger charge is 2.56. The second kappa shape index (κ2) is 42.0. The first kappa shape index (κ1) is 75.1. The summed E-state index contributed by atoms with van der Waals surface area (Å²) in [4.78, 5) is 0. The van der Waals surface area contributed by atoms with Gasteiger partial charge in [-0.3, -0.25) is 0 Å². The van der Waals surface area contributed by atoms with E-state index in [1.807, 2.05) is 0 Å². The predicted octanol–water partition coefficient (Wildman–Crippen LogP) is 14.8. The monoisotopic (exact) mass is 1220 g/mol. The summed E-state index contributed by atoms with van der Waals surface area (Å²) >= 11 is 0. The molecule has 0 aromatic heterocycles. The van der Waals surface area contributed by atoms with Crippen molar-refractivity contribution in [3.05, 3.63) is 0 Å². The molecule has 0 saturated carbocycles. The summed E-state index contributed by atoms with van der Waals surface area (Å²) in [6.07, 6.45) is 32.6. The van der Waals surface area contributed by atoms with Crippen LogP contribution in [0.25, 0.3) is 0 Å². The Balaban J connectivity index is 3.15. The molecule has 0 atom stereocenters. The number of unbranched alkanes of at least 4 members (excludes halogenated alkanes) is 24. The molecule has 1 aliphatic rings. The van der Waals surface area contributed by atoms with Crippen molar-refractivity contribution in [3.8, 4) is 0 Å². The van der Waals surface area contributed by atoms with Gasteiger partial charge >= 0.3 is 69.5 Å². The molecule has 1 fully saturated rings. The molecule has 0 bridgehead atoms. The Labute approximate surface area is 476 Å². The first-order chi connectivity index (χ1) is 36.4. The first-order valence-electron chi connectivity index (χ1n) is 29.8. The molecule has 0 aromatic rings. The zero-order valence-corrected chi connectivity index (χ0v) is 60.0. The minimum atomic E-state index is -2.70. The SMILES string of the molecule is CO[Si](CCCCCCCCC[Si]1(C)O[Si](C)(CCCCCCCCC[Si](OC)(OC)OC)O[Si](C)(CCCCCCCCC[Si](OC)(OC)OC)O[Si](C)(CCCCCCCCC[Si](OC)(OC)OC)O1)(OC)OC. The molecule has 0 N–H and O–H groups in total. The highest BCUT2D eigenvalue weighted by atomic mass is 28.5. The van der Waals surface area contributed by atoms with Crippen LogP contribution < -0.4 is 0 Å². The summed E-state index contributed by atoms with van der Waals surface area (Å²) in [5.41, 5.74) is 0. The van der Waals surface area contributed by atoms with E-state index in [2.05, 4.69) is 26.2 Å². The third-order valence-electron chi connectivity index (χ3n) is 15.9. The average molecular weight is 1230 g/mol. The Hall–Kier alpha value is 1.10. The van der Waals surface area contributed by atoms with E-state index in [9.17, 15) is 0 Å². The lowest BCUT2D eigenvalue weighted by molar-refractivity contribution is 0.122. The summed E-state index contributed by atoms with van der Waals surface area (Å²) in [7, 11) is -0.399. The van der Waals surface area contributed by atoms with Gasteiger partial charge < -0.3 is 69.6 Å². The standard InChI is InChI=1S/C52H120O16Si8/c1-53-73(54-2,55-3)49-41-33-25-17-21-29-37-45-69(13)65-70(14,46-38-30-22-18-26-34-42-50-74(56-4,57-5)58-6)67-72(16,48-40-32-24-20-28-36-44-52-76(62-10,63-11)64-12)68-71(15,66-69)47-39-31-23-19-27-35-43-51-75(59-7,60-8)61-9/h17-52H2,1-16H3. The Morgan fingerprint density at radius 1 is 0.197 bits per heavy atom. The van der Waals surface area contributed by atoms with Crippen LogP contribution in [0, 0.1) is 0 Å². The second-order valence-corrected chi connectivity index (χ2v) is 48.7. The molecule has 0 spiro atoms. The molecule has 16 nitrogen and oxygen atoms in total. The van der Waals surface area contributed by atoms with Gasteiger partial charge in [-0.25, -0.2) is 0 Å². The fraction of sp³-hybridized carbons (Fsp3) is 1.00. The minimum Gasteiger partial charge on any atom is -0.416 e. The normalized spacial score (nSPS) is 22.1. The van der Waals surface area contributed by atoms with E-state index in [4.69, 9.17) is 69.6 Å². The molecular weight excluding hydrogens is 1110 g/mol. The Bertz CT molecular complexity index is 1150. The highest BCUT2D eigenvalue weighted by molar-refractivity contribution is 6.94. The maximum atomic E-state index is 7.68. The molecule has 0 aliphatic carbocycles. The van der Waals surface area contributed by atoms with Gasteiger partial charge in [0.1, 0.15) is 0 Å². The van der Waals surface area contributed by atoms with Crippen LogP contribution in [0.5, 0.6) is 0 Å². The minimum absolute atomic E-state index is 0.860. The van der Waals surface area contributed by atoms with Gasteiger partial charge in [0, 0.05) is 109 Å². The first-order valence-corrected chi connectivity index (χ1v) is 47.6. The Morgan fingerprint density at radius 3 is 0.447 bits per heavy atom. The van der Waals surface area contributed by atoms with E-state index in [-0.39, 0.29) is 0 Å². The topological polar surface area (TPSA) is 148 Å². The molecule has 24 heteroatoms. The molecule has 0 amide bonds. The van der Waals surface area contributed by atoms with Crippen LogP contribution in [-0.2, 0) is 69.6 Å². The lowest BCUT2D eigenvalue weighted by atomic mass is 10.1. The lowest BCUT2D eigenvalue weighted by Gasteiger charge is -2.50. The van der Waals surface area contributed by atoms with E-state index < -0.39 is 69.5 Å². The van der Waals surface area contributed by atoms with Crippen LogP contribution in [0.4, 0.5) is 0 Å². The average Bonchev–Trinajstić information content (AvgIpc) is 3.41. The molecule has 1 aliphatic heterocycles. The smallest absolute Gasteiger partial charge is 0.416 e. The molecule has 1 heterocycles. The van der Waals surface area contributed by atoms with Gasteiger partial charge in [0.05, 0.1) is 0 Å². The van der Waals surface area contributed by atoms with Crippen molar-refractivity contribution in [1.82, 2.24) is 0 Å². The zero-order valence-electron chi connectivity index (χ0n) is 52.0. The van der Waals surface area contributed by atoms with Crippen LogP contribution in [0.2, 0.25) is 74.5 Å². The summed E-state index contributed by atoms with van der Waals surface area (Å²) in [6.45, 7) is 9.45. The second-order valence-electron chi connectivity index (χ2n) is 22.0. The van der Waals surface area contributed by atoms with Crippen LogP contribution in [0.15, 0.2) is 0 Å². The van der Waals surface area contributed by atoms with Gasteiger partial charge in [0.25, 0.3) is 0 Å². The van der Waals surface area contributed by atoms with Gasteiger partial charge in [0.15, 0.2) is 0 Å². The van der Waals surface area contributed by atoms with Crippen molar-refractivity contribution in [2.45, 2.75) is 254 Å². The maximum Gasteiger partial charge on any atom is 0.500 e. The molecule has 456 valence electrons. The lowest BCUT2D eigenvalue weighted by Crippen LogP contribution is -2.67. The summed E-state index contributed by atoms with van der Waals surface area (Å²) in [6, 6.07) is 7.37. The number of hydrogen-bond donors (Lipinski definition) is 0. The maximum absolute atomic E-state index is 7.68. The molecule has 0 unspecified atom stereocenters. The Morgan fingerprint density at radius 2 is 0.316 bits per heavy atom. The summed E-state index contributed by atoms with van der Waals surface area (Å²) in [5, 5.41) is 0. The molecule has 0 radical (unpaired) electrons. The van der Waals surface area contributed by atoms with Crippen LogP contribution in [-0.4, -0.2) is 155 Å². The van der Waals surface area contributed by atoms with Gasteiger partial charge in [-0.1, -0.05) is 154 Å². The van der Waals surface area contributed by atoms with Crippen LogP contribution in [0.1, 0.15) is 180 Å². The summed E-state index contributed by atoms with van der Waals surface area (Å²) in [5.74, 6) is 0. The fourth-order valence-corrected chi connectivity index (χ4v) is 42.0. The van der Waals surface area contributed by atoms with Crippen LogP contribution in [0.3, 0.4) is 0 Å². The van der Waals surface area contributed by atoms with Crippen LogP contribution >= 0.6 is 0 Å². The molecule has 0 aromatic carbocycles. The van der Waals surface area contributed by atoms with Crippen molar-refractivity contribution in [2.75, 3.05) is 85.3 Å². The van der Waals surface area contributed by atoms with Gasteiger partial charge in [0.2, 0.25) is 0 Å². The van der Waals surface area contributed by atoms with E-state index in [1.54, 1.807) is 85.3 Å². The molecule has 1 saturated heterocycles. The van der Waals surface area contributed by atoms with Gasteiger partial charge in [-0.2, -0.15) is 0 Å². The highest BCUT2D eigenvalue weighted by Crippen LogP contribution is 2.40. The molecule has 1 rings (SSSR count). The van der Waals surface area contributed by atoms with E-state index in [1.165, 1.54) is 103 Å². The van der Waals surface area contributed by atoms with Gasteiger partial charge in [-0.15, -0.1) is 0 Å². The van der Waals surface area contributed by atoms with Gasteiger partial charge in [-0.05, 0) is 76.0 Å². The molecule has 76 heavy (non-hydrogen) atoms. The number of rotatable bonds is 52. The third-order valence-corrected chi connectivity index (χ3v) is 46.1. The van der Waals surface area contributed by atoms with Crippen molar-refractivity contribution >= 4 is 69.5 Å². The van der Waals surface area contributed by atoms with Crippen molar-refractivity contribution in [1.29, 1.82) is 0 Å². The fourth-order valence-electron chi connectivity index (χ4n) is 11.2. The quantitative estimate of drug-likeness (QED) is 0.0420. The van der Waals surface area contributed by atoms with E-state index in [0.717, 1.165) is 125 Å². The largest absolute Gasteiger partial charge is 0.500 e. The van der Waals surface area contributed by atoms with E-state index in [0.29, 0.717) is 0 Å². The number of hydrogen-bond acceptors (Lipinski definition) is 16.